The molecule has 0 unspecified atom stereocenters. The third kappa shape index (κ3) is 3.78. The SMILES string of the molecule is Cc1ccc(CSCc2cccs2)cc1-c1ccccc1. The van der Waals surface area contributed by atoms with Crippen molar-refractivity contribution >= 4 is 23.1 Å². The molecule has 106 valence electrons. The van der Waals surface area contributed by atoms with Crippen LogP contribution in [0.25, 0.3) is 11.1 Å². The van der Waals surface area contributed by atoms with E-state index >= 15 is 0 Å². The molecule has 0 aliphatic rings. The molecule has 0 atom stereocenters. The second kappa shape index (κ2) is 6.97. The van der Waals surface area contributed by atoms with Gasteiger partial charge in [-0.25, -0.2) is 0 Å². The van der Waals surface area contributed by atoms with Crippen LogP contribution < -0.4 is 0 Å². The average Bonchev–Trinajstić information content (AvgIpc) is 3.03. The monoisotopic (exact) mass is 310 g/mol. The molecule has 0 fully saturated rings. The first-order valence-corrected chi connectivity index (χ1v) is 9.11. The average molecular weight is 310 g/mol. The first-order valence-electron chi connectivity index (χ1n) is 7.08. The summed E-state index contributed by atoms with van der Waals surface area (Å²) in [6.07, 6.45) is 0. The van der Waals surface area contributed by atoms with Crippen molar-refractivity contribution in [2.24, 2.45) is 0 Å². The number of thioether (sulfide) groups is 1. The molecule has 0 spiro atoms. The van der Waals surface area contributed by atoms with E-state index < -0.39 is 0 Å². The number of hydrogen-bond acceptors (Lipinski definition) is 2. The van der Waals surface area contributed by atoms with Gasteiger partial charge in [0.1, 0.15) is 0 Å². The van der Waals surface area contributed by atoms with E-state index in [-0.39, 0.29) is 0 Å². The molecule has 0 nitrogen and oxygen atoms in total. The van der Waals surface area contributed by atoms with E-state index in [0.29, 0.717) is 0 Å². The van der Waals surface area contributed by atoms with Crippen molar-refractivity contribution in [2.75, 3.05) is 0 Å². The van der Waals surface area contributed by atoms with Gasteiger partial charge in [0.25, 0.3) is 0 Å². The Balaban J connectivity index is 1.72. The van der Waals surface area contributed by atoms with Crippen LogP contribution in [-0.2, 0) is 11.5 Å². The lowest BCUT2D eigenvalue weighted by molar-refractivity contribution is 1.35. The highest BCUT2D eigenvalue weighted by Crippen LogP contribution is 2.27. The molecule has 2 heteroatoms. The number of aryl methyl sites for hydroxylation is 1. The quantitative estimate of drug-likeness (QED) is 0.544. The van der Waals surface area contributed by atoms with Gasteiger partial charge in [0.15, 0.2) is 0 Å². The van der Waals surface area contributed by atoms with Crippen molar-refractivity contribution in [3.05, 3.63) is 82.0 Å². The second-order valence-electron chi connectivity index (χ2n) is 5.09. The fraction of sp³-hybridized carbons (Fsp3) is 0.158. The molecule has 21 heavy (non-hydrogen) atoms. The van der Waals surface area contributed by atoms with Crippen LogP contribution in [0.4, 0.5) is 0 Å². The van der Waals surface area contributed by atoms with Crippen molar-refractivity contribution in [2.45, 2.75) is 18.4 Å². The number of hydrogen-bond donors (Lipinski definition) is 0. The summed E-state index contributed by atoms with van der Waals surface area (Å²) in [4.78, 5) is 1.45. The van der Waals surface area contributed by atoms with Gasteiger partial charge in [-0.3, -0.25) is 0 Å². The lowest BCUT2D eigenvalue weighted by Gasteiger charge is -2.09. The standard InChI is InChI=1S/C19H18S2/c1-15-9-10-16(13-20-14-18-8-5-11-21-18)12-19(15)17-6-3-2-4-7-17/h2-12H,13-14H2,1H3. The van der Waals surface area contributed by atoms with Gasteiger partial charge in [0.05, 0.1) is 0 Å². The van der Waals surface area contributed by atoms with E-state index in [9.17, 15) is 0 Å². The number of rotatable bonds is 5. The van der Waals surface area contributed by atoms with Gasteiger partial charge >= 0.3 is 0 Å². The van der Waals surface area contributed by atoms with E-state index in [1.165, 1.54) is 27.1 Å². The number of benzene rings is 2. The van der Waals surface area contributed by atoms with Crippen molar-refractivity contribution in [3.8, 4) is 11.1 Å². The van der Waals surface area contributed by atoms with Gasteiger partial charge in [-0.1, -0.05) is 54.6 Å². The van der Waals surface area contributed by atoms with Crippen LogP contribution in [-0.4, -0.2) is 0 Å². The molecular formula is C19H18S2. The highest BCUT2D eigenvalue weighted by atomic mass is 32.2. The predicted octanol–water partition coefficient (Wildman–Crippen LogP) is 6.16. The normalized spacial score (nSPS) is 10.7. The molecule has 0 saturated carbocycles. The molecule has 1 heterocycles. The van der Waals surface area contributed by atoms with Gasteiger partial charge in [0.2, 0.25) is 0 Å². The van der Waals surface area contributed by atoms with Crippen LogP contribution >= 0.6 is 23.1 Å². The fourth-order valence-corrected chi connectivity index (χ4v) is 4.18. The van der Waals surface area contributed by atoms with E-state index in [2.05, 4.69) is 73.0 Å². The van der Waals surface area contributed by atoms with Crippen molar-refractivity contribution in [1.29, 1.82) is 0 Å². The summed E-state index contributed by atoms with van der Waals surface area (Å²) < 4.78 is 0. The minimum Gasteiger partial charge on any atom is -0.152 e. The smallest absolute Gasteiger partial charge is 0.0282 e. The van der Waals surface area contributed by atoms with E-state index in [1.807, 2.05) is 23.1 Å². The Bertz CT molecular complexity index is 685. The Morgan fingerprint density at radius 2 is 1.76 bits per heavy atom. The van der Waals surface area contributed by atoms with Crippen molar-refractivity contribution in [1.82, 2.24) is 0 Å². The summed E-state index contributed by atoms with van der Waals surface area (Å²) in [6.45, 7) is 2.19. The lowest BCUT2D eigenvalue weighted by atomic mass is 9.99. The molecule has 0 aliphatic carbocycles. The zero-order chi connectivity index (χ0) is 14.5. The Morgan fingerprint density at radius 1 is 0.905 bits per heavy atom. The molecule has 3 rings (SSSR count). The Morgan fingerprint density at radius 3 is 2.52 bits per heavy atom. The largest absolute Gasteiger partial charge is 0.152 e. The maximum absolute atomic E-state index is 2.34. The van der Waals surface area contributed by atoms with E-state index in [0.717, 1.165) is 11.5 Å². The molecule has 2 aromatic carbocycles. The van der Waals surface area contributed by atoms with Crippen LogP contribution in [0.5, 0.6) is 0 Å². The first-order chi connectivity index (χ1) is 10.3. The van der Waals surface area contributed by atoms with Crippen LogP contribution in [0, 0.1) is 6.92 Å². The fourth-order valence-electron chi connectivity index (χ4n) is 2.35. The summed E-state index contributed by atoms with van der Waals surface area (Å²) >= 11 is 3.82. The highest BCUT2D eigenvalue weighted by molar-refractivity contribution is 7.97. The van der Waals surface area contributed by atoms with Gasteiger partial charge < -0.3 is 0 Å². The maximum atomic E-state index is 2.34. The molecule has 1 aromatic heterocycles. The van der Waals surface area contributed by atoms with Crippen LogP contribution in [0.3, 0.4) is 0 Å². The third-order valence-corrected chi connectivity index (χ3v) is 5.59. The van der Waals surface area contributed by atoms with Crippen LogP contribution in [0.15, 0.2) is 66.0 Å². The summed E-state index contributed by atoms with van der Waals surface area (Å²) in [5, 5.41) is 2.15. The molecule has 3 aromatic rings. The lowest BCUT2D eigenvalue weighted by Crippen LogP contribution is -1.88. The Labute approximate surface area is 134 Å². The highest BCUT2D eigenvalue weighted by Gasteiger charge is 2.04. The Hall–Kier alpha value is -1.51. The third-order valence-electron chi connectivity index (χ3n) is 3.48. The Kier molecular flexibility index (Phi) is 4.79. The first kappa shape index (κ1) is 14.4. The van der Waals surface area contributed by atoms with Gasteiger partial charge in [-0.15, -0.1) is 11.3 Å². The predicted molar refractivity (Wildman–Crippen MR) is 95.9 cm³/mol. The van der Waals surface area contributed by atoms with Gasteiger partial charge in [0, 0.05) is 16.4 Å². The van der Waals surface area contributed by atoms with Crippen molar-refractivity contribution < 1.29 is 0 Å². The molecular weight excluding hydrogens is 292 g/mol. The van der Waals surface area contributed by atoms with Gasteiger partial charge in [-0.05, 0) is 40.6 Å². The van der Waals surface area contributed by atoms with Crippen LogP contribution in [0.1, 0.15) is 16.0 Å². The summed E-state index contributed by atoms with van der Waals surface area (Å²) in [7, 11) is 0. The van der Waals surface area contributed by atoms with E-state index in [1.54, 1.807) is 0 Å². The maximum Gasteiger partial charge on any atom is 0.0282 e. The molecule has 0 N–H and O–H groups in total. The minimum atomic E-state index is 1.07. The van der Waals surface area contributed by atoms with Crippen molar-refractivity contribution in [3.63, 3.8) is 0 Å². The van der Waals surface area contributed by atoms with E-state index in [4.69, 9.17) is 0 Å². The second-order valence-corrected chi connectivity index (χ2v) is 7.11. The molecule has 0 amide bonds. The molecule has 0 bridgehead atoms. The zero-order valence-corrected chi connectivity index (χ0v) is 13.7. The van der Waals surface area contributed by atoms with Crippen LogP contribution in [0.2, 0.25) is 0 Å². The molecule has 0 radical (unpaired) electrons. The van der Waals surface area contributed by atoms with Gasteiger partial charge in [-0.2, -0.15) is 11.8 Å². The minimum absolute atomic E-state index is 1.07. The summed E-state index contributed by atoms with van der Waals surface area (Å²) in [6, 6.07) is 21.8. The molecule has 0 saturated heterocycles. The zero-order valence-electron chi connectivity index (χ0n) is 12.1. The summed E-state index contributed by atoms with van der Waals surface area (Å²) in [5.74, 6) is 2.17. The number of thiophene rings is 1. The topological polar surface area (TPSA) is 0 Å². The summed E-state index contributed by atoms with van der Waals surface area (Å²) in [5.41, 5.74) is 5.40. The molecule has 0 aliphatic heterocycles.